The molecule has 0 heterocycles. The van der Waals surface area contributed by atoms with E-state index in [0.29, 0.717) is 16.5 Å². The fourth-order valence-electron chi connectivity index (χ4n) is 0.725. The summed E-state index contributed by atoms with van der Waals surface area (Å²) in [5.41, 5.74) is 0.524. The highest BCUT2D eigenvalue weighted by Crippen LogP contribution is 2.28. The number of hydrogen-bond donors (Lipinski definition) is 0. The van der Waals surface area contributed by atoms with Crippen LogP contribution in [-0.4, -0.2) is 7.11 Å². The van der Waals surface area contributed by atoms with Crippen LogP contribution in [0.1, 0.15) is 0 Å². The van der Waals surface area contributed by atoms with Gasteiger partial charge in [-0.3, -0.25) is 0 Å². The van der Waals surface area contributed by atoms with E-state index < -0.39 is 0 Å². The number of ether oxygens (including phenoxy) is 1. The molecule has 56 valence electrons. The molecule has 0 bridgehead atoms. The molecule has 0 saturated heterocycles. The Balaban J connectivity index is 3.12. The molecule has 0 amide bonds. The van der Waals surface area contributed by atoms with Crippen LogP contribution in [0.3, 0.4) is 0 Å². The molecule has 0 aliphatic carbocycles. The van der Waals surface area contributed by atoms with E-state index in [1.54, 1.807) is 25.3 Å². The van der Waals surface area contributed by atoms with E-state index >= 15 is 0 Å². The standard InChI is InChI=1S/C8H6ClNO/c1-10-6-3-4-8(11-2)7(9)5-6/h3-5H,2H3. The van der Waals surface area contributed by atoms with Gasteiger partial charge in [0.05, 0.1) is 18.7 Å². The zero-order valence-corrected chi connectivity index (χ0v) is 6.72. The quantitative estimate of drug-likeness (QED) is 0.587. The van der Waals surface area contributed by atoms with Crippen LogP contribution in [0.15, 0.2) is 18.2 Å². The Kier molecular flexibility index (Phi) is 2.35. The fourth-order valence-corrected chi connectivity index (χ4v) is 0.977. The van der Waals surface area contributed by atoms with Gasteiger partial charge in [-0.25, -0.2) is 4.85 Å². The first-order valence-electron chi connectivity index (χ1n) is 2.99. The Labute approximate surface area is 70.2 Å². The summed E-state index contributed by atoms with van der Waals surface area (Å²) >= 11 is 5.74. The van der Waals surface area contributed by atoms with Crippen molar-refractivity contribution in [2.75, 3.05) is 7.11 Å². The number of nitrogens with zero attached hydrogens (tertiary/aromatic N) is 1. The molecule has 0 saturated carbocycles. The first-order chi connectivity index (χ1) is 5.27. The number of halogens is 1. The highest BCUT2D eigenvalue weighted by molar-refractivity contribution is 6.32. The first kappa shape index (κ1) is 7.90. The van der Waals surface area contributed by atoms with Gasteiger partial charge in [0.25, 0.3) is 0 Å². The van der Waals surface area contributed by atoms with E-state index in [1.165, 1.54) is 0 Å². The summed E-state index contributed by atoms with van der Waals surface area (Å²) in [5, 5.41) is 0.473. The third-order valence-corrected chi connectivity index (χ3v) is 1.56. The van der Waals surface area contributed by atoms with Crippen LogP contribution < -0.4 is 4.74 Å². The van der Waals surface area contributed by atoms with Crippen molar-refractivity contribution in [1.82, 2.24) is 0 Å². The molecule has 0 atom stereocenters. The maximum absolute atomic E-state index is 6.69. The van der Waals surface area contributed by atoms with Gasteiger partial charge in [-0.15, -0.1) is 0 Å². The summed E-state index contributed by atoms with van der Waals surface area (Å²) < 4.78 is 4.91. The molecule has 1 aromatic carbocycles. The molecule has 1 rings (SSSR count). The summed E-state index contributed by atoms with van der Waals surface area (Å²) in [6.07, 6.45) is 0. The van der Waals surface area contributed by atoms with Crippen molar-refractivity contribution in [3.05, 3.63) is 34.6 Å². The Morgan fingerprint density at radius 3 is 2.73 bits per heavy atom. The van der Waals surface area contributed by atoms with Gasteiger partial charge in [-0.05, 0) is 12.1 Å². The molecule has 0 spiro atoms. The van der Waals surface area contributed by atoms with Crippen molar-refractivity contribution >= 4 is 17.3 Å². The van der Waals surface area contributed by atoms with Crippen molar-refractivity contribution in [2.45, 2.75) is 0 Å². The number of methoxy groups -OCH3 is 1. The van der Waals surface area contributed by atoms with E-state index in [9.17, 15) is 0 Å². The maximum Gasteiger partial charge on any atom is 0.188 e. The van der Waals surface area contributed by atoms with Gasteiger partial charge < -0.3 is 4.74 Å². The lowest BCUT2D eigenvalue weighted by molar-refractivity contribution is 0.415. The van der Waals surface area contributed by atoms with E-state index in [0.717, 1.165) is 0 Å². The molecule has 0 fully saturated rings. The predicted octanol–water partition coefficient (Wildman–Crippen LogP) is 2.90. The lowest BCUT2D eigenvalue weighted by Gasteiger charge is -2.00. The zero-order valence-electron chi connectivity index (χ0n) is 5.97. The van der Waals surface area contributed by atoms with Gasteiger partial charge in [0.15, 0.2) is 5.69 Å². The third kappa shape index (κ3) is 1.63. The van der Waals surface area contributed by atoms with E-state index in [-0.39, 0.29) is 0 Å². The van der Waals surface area contributed by atoms with Crippen molar-refractivity contribution < 1.29 is 4.74 Å². The monoisotopic (exact) mass is 167 g/mol. The largest absolute Gasteiger partial charge is 0.495 e. The minimum Gasteiger partial charge on any atom is -0.495 e. The van der Waals surface area contributed by atoms with E-state index in [4.69, 9.17) is 22.9 Å². The van der Waals surface area contributed by atoms with Crippen LogP contribution in [0.4, 0.5) is 5.69 Å². The Morgan fingerprint density at radius 2 is 2.27 bits per heavy atom. The van der Waals surface area contributed by atoms with Gasteiger partial charge in [-0.1, -0.05) is 17.7 Å². The molecule has 0 aliphatic rings. The van der Waals surface area contributed by atoms with Crippen LogP contribution >= 0.6 is 11.6 Å². The second-order valence-corrected chi connectivity index (χ2v) is 2.34. The Hall–Kier alpha value is -1.20. The zero-order chi connectivity index (χ0) is 8.27. The van der Waals surface area contributed by atoms with Crippen molar-refractivity contribution in [3.63, 3.8) is 0 Å². The fraction of sp³-hybridized carbons (Fsp3) is 0.125. The average Bonchev–Trinajstić information content (AvgIpc) is 2.04. The number of rotatable bonds is 1. The second-order valence-electron chi connectivity index (χ2n) is 1.93. The second kappa shape index (κ2) is 3.27. The molecule has 0 unspecified atom stereocenters. The summed E-state index contributed by atoms with van der Waals surface area (Å²) in [6.45, 7) is 6.69. The van der Waals surface area contributed by atoms with Crippen molar-refractivity contribution in [1.29, 1.82) is 0 Å². The van der Waals surface area contributed by atoms with E-state index in [1.807, 2.05) is 0 Å². The molecular weight excluding hydrogens is 162 g/mol. The summed E-state index contributed by atoms with van der Waals surface area (Å²) in [6, 6.07) is 4.92. The van der Waals surface area contributed by atoms with Gasteiger partial charge in [-0.2, -0.15) is 0 Å². The van der Waals surface area contributed by atoms with Crippen LogP contribution in [0, 0.1) is 6.57 Å². The molecule has 1 aromatic rings. The minimum atomic E-state index is 0.473. The molecule has 0 aliphatic heterocycles. The average molecular weight is 168 g/mol. The lowest BCUT2D eigenvalue weighted by atomic mass is 10.3. The normalized spacial score (nSPS) is 8.82. The van der Waals surface area contributed by atoms with Gasteiger partial charge >= 0.3 is 0 Å². The van der Waals surface area contributed by atoms with Crippen LogP contribution in [0.2, 0.25) is 5.02 Å². The van der Waals surface area contributed by atoms with Crippen molar-refractivity contribution in [2.24, 2.45) is 0 Å². The van der Waals surface area contributed by atoms with Gasteiger partial charge in [0, 0.05) is 0 Å². The highest BCUT2D eigenvalue weighted by Gasteiger charge is 1.99. The van der Waals surface area contributed by atoms with Crippen LogP contribution in [-0.2, 0) is 0 Å². The molecule has 3 heteroatoms. The maximum atomic E-state index is 6.69. The molecule has 0 aromatic heterocycles. The smallest absolute Gasteiger partial charge is 0.188 e. The molecule has 11 heavy (non-hydrogen) atoms. The highest BCUT2D eigenvalue weighted by atomic mass is 35.5. The molecular formula is C8H6ClNO. The number of hydrogen-bond acceptors (Lipinski definition) is 1. The molecule has 2 nitrogen and oxygen atoms in total. The number of benzene rings is 1. The lowest BCUT2D eigenvalue weighted by Crippen LogP contribution is -1.81. The van der Waals surface area contributed by atoms with Crippen LogP contribution in [0.5, 0.6) is 5.75 Å². The van der Waals surface area contributed by atoms with Crippen molar-refractivity contribution in [3.8, 4) is 5.75 Å². The SMILES string of the molecule is [C-]#[N+]c1ccc(OC)c(Cl)c1. The first-order valence-corrected chi connectivity index (χ1v) is 3.36. The summed E-state index contributed by atoms with van der Waals surface area (Å²) in [5.74, 6) is 0.596. The van der Waals surface area contributed by atoms with Gasteiger partial charge in [0.1, 0.15) is 5.75 Å². The Morgan fingerprint density at radius 1 is 1.55 bits per heavy atom. The third-order valence-electron chi connectivity index (χ3n) is 1.26. The predicted molar refractivity (Wildman–Crippen MR) is 44.3 cm³/mol. The van der Waals surface area contributed by atoms with Gasteiger partial charge in [0.2, 0.25) is 0 Å². The van der Waals surface area contributed by atoms with E-state index in [2.05, 4.69) is 4.85 Å². The minimum absolute atomic E-state index is 0.473. The molecule has 0 N–H and O–H groups in total. The molecule has 0 radical (unpaired) electrons. The topological polar surface area (TPSA) is 13.6 Å². The summed E-state index contributed by atoms with van der Waals surface area (Å²) in [7, 11) is 1.54. The summed E-state index contributed by atoms with van der Waals surface area (Å²) in [4.78, 5) is 3.22. The Bertz CT molecular complexity index is 303. The van der Waals surface area contributed by atoms with Crippen LogP contribution in [0.25, 0.3) is 4.85 Å².